The molecule has 2 atom stereocenters. The summed E-state index contributed by atoms with van der Waals surface area (Å²) in [5.74, 6) is -1.12. The number of fused-ring (bicyclic) bond motifs is 1. The van der Waals surface area contributed by atoms with Crippen molar-refractivity contribution in [3.8, 4) is 0 Å². The van der Waals surface area contributed by atoms with Gasteiger partial charge in [0.1, 0.15) is 11.6 Å². The summed E-state index contributed by atoms with van der Waals surface area (Å²) in [6.07, 6.45) is 0.364. The Labute approximate surface area is 155 Å². The van der Waals surface area contributed by atoms with E-state index in [0.29, 0.717) is 12.4 Å². The normalized spacial score (nSPS) is 19.4. The molecule has 0 bridgehead atoms. The van der Waals surface area contributed by atoms with E-state index in [4.69, 9.17) is 11.6 Å². The van der Waals surface area contributed by atoms with Crippen LogP contribution in [0.25, 0.3) is 0 Å². The standard InChI is InChI=1S/C16H11BrClF2N5/c17-9-3-1-2-8(6-9)12-7-13(25-16(21-12)22-23-24-25)14-11(19)5-4-10(18)15(14)20/h1-6,12-13H,7H2,(H,21,22,24)/t12-,13+/m0/s1. The first-order valence-corrected chi connectivity index (χ1v) is 8.65. The Bertz CT molecular complexity index is 948. The third kappa shape index (κ3) is 2.89. The van der Waals surface area contributed by atoms with Crippen molar-refractivity contribution in [3.05, 3.63) is 68.7 Å². The van der Waals surface area contributed by atoms with Crippen molar-refractivity contribution in [2.24, 2.45) is 0 Å². The number of halogens is 4. The van der Waals surface area contributed by atoms with E-state index in [9.17, 15) is 8.78 Å². The fourth-order valence-electron chi connectivity index (χ4n) is 3.07. The Morgan fingerprint density at radius 1 is 1.24 bits per heavy atom. The van der Waals surface area contributed by atoms with Crippen LogP contribution in [0.15, 0.2) is 40.9 Å². The molecular weight excluding hydrogens is 416 g/mol. The number of tetrazole rings is 1. The van der Waals surface area contributed by atoms with Gasteiger partial charge in [-0.25, -0.2) is 13.5 Å². The van der Waals surface area contributed by atoms with Crippen molar-refractivity contribution in [2.75, 3.05) is 5.32 Å². The molecule has 0 amide bonds. The van der Waals surface area contributed by atoms with Crippen LogP contribution in [0.4, 0.5) is 14.7 Å². The molecule has 0 unspecified atom stereocenters. The van der Waals surface area contributed by atoms with Crippen LogP contribution < -0.4 is 5.32 Å². The van der Waals surface area contributed by atoms with Crippen LogP contribution in [0.5, 0.6) is 0 Å². The van der Waals surface area contributed by atoms with Gasteiger partial charge in [0, 0.05) is 10.0 Å². The van der Waals surface area contributed by atoms with Crippen LogP contribution in [0.2, 0.25) is 5.02 Å². The van der Waals surface area contributed by atoms with E-state index in [1.54, 1.807) is 0 Å². The molecule has 0 spiro atoms. The van der Waals surface area contributed by atoms with Gasteiger partial charge in [-0.3, -0.25) is 0 Å². The predicted molar refractivity (Wildman–Crippen MR) is 92.4 cm³/mol. The smallest absolute Gasteiger partial charge is 0.244 e. The Morgan fingerprint density at radius 3 is 2.88 bits per heavy atom. The Balaban J connectivity index is 1.82. The van der Waals surface area contributed by atoms with Gasteiger partial charge in [-0.15, -0.1) is 0 Å². The van der Waals surface area contributed by atoms with E-state index in [1.165, 1.54) is 10.7 Å². The molecule has 128 valence electrons. The van der Waals surface area contributed by atoms with Crippen molar-refractivity contribution in [1.29, 1.82) is 0 Å². The molecule has 0 saturated carbocycles. The molecular formula is C16H11BrClF2N5. The number of hydrogen-bond acceptors (Lipinski definition) is 4. The maximum atomic E-state index is 14.6. The summed E-state index contributed by atoms with van der Waals surface area (Å²) < 4.78 is 31.3. The highest BCUT2D eigenvalue weighted by Crippen LogP contribution is 2.40. The monoisotopic (exact) mass is 425 g/mol. The second-order valence-corrected chi connectivity index (χ2v) is 7.03. The van der Waals surface area contributed by atoms with Gasteiger partial charge in [0.25, 0.3) is 0 Å². The molecule has 0 fully saturated rings. The van der Waals surface area contributed by atoms with Gasteiger partial charge in [0.05, 0.1) is 17.1 Å². The van der Waals surface area contributed by atoms with Crippen molar-refractivity contribution in [3.63, 3.8) is 0 Å². The first-order valence-electron chi connectivity index (χ1n) is 7.48. The minimum absolute atomic E-state index is 0.136. The molecule has 2 aromatic carbocycles. The SMILES string of the molecule is Fc1ccc(Cl)c(F)c1[C@H]1C[C@@H](c2cccc(Br)c2)Nc2nnnn21. The van der Waals surface area contributed by atoms with Gasteiger partial charge >= 0.3 is 0 Å². The highest BCUT2D eigenvalue weighted by Gasteiger charge is 2.34. The number of rotatable bonds is 2. The zero-order valence-electron chi connectivity index (χ0n) is 12.6. The lowest BCUT2D eigenvalue weighted by Gasteiger charge is -2.31. The summed E-state index contributed by atoms with van der Waals surface area (Å²) in [6, 6.07) is 9.11. The minimum Gasteiger partial charge on any atom is -0.346 e. The molecule has 5 nitrogen and oxygen atoms in total. The van der Waals surface area contributed by atoms with Crippen LogP contribution in [-0.2, 0) is 0 Å². The third-order valence-corrected chi connectivity index (χ3v) is 5.00. The van der Waals surface area contributed by atoms with Crippen LogP contribution in [0.3, 0.4) is 0 Å². The summed E-state index contributed by atoms with van der Waals surface area (Å²) in [5.41, 5.74) is 0.819. The molecule has 1 N–H and O–H groups in total. The van der Waals surface area contributed by atoms with Crippen LogP contribution in [0.1, 0.15) is 29.6 Å². The van der Waals surface area contributed by atoms with Crippen LogP contribution in [0, 0.1) is 11.6 Å². The first-order chi connectivity index (χ1) is 12.0. The van der Waals surface area contributed by atoms with Crippen molar-refractivity contribution in [2.45, 2.75) is 18.5 Å². The fraction of sp³-hybridized carbons (Fsp3) is 0.188. The van der Waals surface area contributed by atoms with Gasteiger partial charge in [-0.1, -0.05) is 44.8 Å². The molecule has 1 aliphatic rings. The van der Waals surface area contributed by atoms with E-state index in [-0.39, 0.29) is 16.6 Å². The van der Waals surface area contributed by atoms with Crippen LogP contribution >= 0.6 is 27.5 Å². The lowest BCUT2D eigenvalue weighted by Crippen LogP contribution is -2.29. The fourth-order valence-corrected chi connectivity index (χ4v) is 3.65. The van der Waals surface area contributed by atoms with E-state index in [2.05, 4.69) is 36.8 Å². The number of nitrogens with zero attached hydrogens (tertiary/aromatic N) is 4. The highest BCUT2D eigenvalue weighted by atomic mass is 79.9. The molecule has 0 saturated heterocycles. The zero-order chi connectivity index (χ0) is 17.6. The van der Waals surface area contributed by atoms with Gasteiger partial charge in [0.2, 0.25) is 5.95 Å². The quantitative estimate of drug-likeness (QED) is 0.613. The van der Waals surface area contributed by atoms with E-state index < -0.39 is 17.7 Å². The molecule has 4 rings (SSSR count). The molecule has 1 aliphatic heterocycles. The summed E-state index contributed by atoms with van der Waals surface area (Å²) in [6.45, 7) is 0. The number of hydrogen-bond donors (Lipinski definition) is 1. The van der Waals surface area contributed by atoms with Gasteiger partial charge < -0.3 is 5.32 Å². The first kappa shape index (κ1) is 16.4. The molecule has 1 aromatic heterocycles. The van der Waals surface area contributed by atoms with Gasteiger partial charge in [0.15, 0.2) is 0 Å². The Kier molecular flexibility index (Phi) is 4.16. The summed E-state index contributed by atoms with van der Waals surface area (Å²) >= 11 is 9.29. The van der Waals surface area contributed by atoms with Gasteiger partial charge in [-0.05, 0) is 46.7 Å². The highest BCUT2D eigenvalue weighted by molar-refractivity contribution is 9.10. The van der Waals surface area contributed by atoms with Crippen molar-refractivity contribution in [1.82, 2.24) is 20.2 Å². The zero-order valence-corrected chi connectivity index (χ0v) is 15.0. The molecule has 0 aliphatic carbocycles. The maximum Gasteiger partial charge on any atom is 0.244 e. The average molecular weight is 427 g/mol. The number of anilines is 1. The second-order valence-electron chi connectivity index (χ2n) is 5.71. The van der Waals surface area contributed by atoms with E-state index >= 15 is 0 Å². The topological polar surface area (TPSA) is 55.6 Å². The van der Waals surface area contributed by atoms with Crippen molar-refractivity contribution >= 4 is 33.5 Å². The predicted octanol–water partition coefficient (Wildman–Crippen LogP) is 4.51. The molecule has 25 heavy (non-hydrogen) atoms. The number of benzene rings is 2. The Hall–Kier alpha value is -2.06. The van der Waals surface area contributed by atoms with E-state index in [0.717, 1.165) is 16.1 Å². The van der Waals surface area contributed by atoms with Crippen molar-refractivity contribution < 1.29 is 8.78 Å². The molecule has 9 heteroatoms. The van der Waals surface area contributed by atoms with E-state index in [1.807, 2.05) is 24.3 Å². The summed E-state index contributed by atoms with van der Waals surface area (Å²) in [4.78, 5) is 0. The summed E-state index contributed by atoms with van der Waals surface area (Å²) in [5, 5.41) is 14.5. The maximum absolute atomic E-state index is 14.6. The lowest BCUT2D eigenvalue weighted by molar-refractivity contribution is 0.393. The average Bonchev–Trinajstić information content (AvgIpc) is 3.07. The molecule has 3 aromatic rings. The third-order valence-electron chi connectivity index (χ3n) is 4.21. The van der Waals surface area contributed by atoms with Gasteiger partial charge in [-0.2, -0.15) is 0 Å². The largest absolute Gasteiger partial charge is 0.346 e. The number of nitrogens with one attached hydrogen (secondary N) is 1. The number of aromatic nitrogens is 4. The molecule has 2 heterocycles. The lowest BCUT2D eigenvalue weighted by atomic mass is 9.93. The van der Waals surface area contributed by atoms with Crippen LogP contribution in [-0.4, -0.2) is 20.2 Å². The second kappa shape index (κ2) is 6.34. The molecule has 0 radical (unpaired) electrons. The minimum atomic E-state index is -0.789. The summed E-state index contributed by atoms with van der Waals surface area (Å²) in [7, 11) is 0. The Morgan fingerprint density at radius 2 is 2.08 bits per heavy atom.